The van der Waals surface area contributed by atoms with Crippen LogP contribution >= 0.6 is 0 Å². The third-order valence-electron chi connectivity index (χ3n) is 4.11. The van der Waals surface area contributed by atoms with Crippen molar-refractivity contribution in [2.75, 3.05) is 21.3 Å². The van der Waals surface area contributed by atoms with Crippen LogP contribution in [0.25, 0.3) is 6.08 Å². The molecule has 0 bridgehead atoms. The molecule has 0 radical (unpaired) electrons. The van der Waals surface area contributed by atoms with Gasteiger partial charge in [-0.3, -0.25) is 4.79 Å². The molecule has 0 saturated heterocycles. The van der Waals surface area contributed by atoms with Crippen molar-refractivity contribution in [1.29, 1.82) is 0 Å². The van der Waals surface area contributed by atoms with Crippen molar-refractivity contribution in [2.45, 2.75) is 13.0 Å². The summed E-state index contributed by atoms with van der Waals surface area (Å²) < 4.78 is 23.5. The standard InChI is InChI=1S/C20H22FNO3/c1-14(16-7-9-17(21)10-8-16)22(2)20(23)12-6-15-5-11-18(24-3)19(13-15)25-4/h5-14H,1-4H3/b12-6+. The second-order valence-electron chi connectivity index (χ2n) is 5.62. The molecular weight excluding hydrogens is 321 g/mol. The van der Waals surface area contributed by atoms with Gasteiger partial charge in [0.1, 0.15) is 5.82 Å². The number of likely N-dealkylation sites (N-methyl/N-ethyl adjacent to an activating group) is 1. The Morgan fingerprint density at radius 2 is 1.72 bits per heavy atom. The summed E-state index contributed by atoms with van der Waals surface area (Å²) in [5, 5.41) is 0. The summed E-state index contributed by atoms with van der Waals surface area (Å²) in [5.74, 6) is 0.794. The largest absolute Gasteiger partial charge is 0.493 e. The maximum absolute atomic E-state index is 13.0. The molecule has 1 atom stereocenters. The van der Waals surface area contributed by atoms with Crippen LogP contribution < -0.4 is 9.47 Å². The minimum absolute atomic E-state index is 0.147. The quantitative estimate of drug-likeness (QED) is 0.742. The molecule has 4 nitrogen and oxygen atoms in total. The van der Waals surface area contributed by atoms with E-state index in [4.69, 9.17) is 9.47 Å². The summed E-state index contributed by atoms with van der Waals surface area (Å²) >= 11 is 0. The molecule has 132 valence electrons. The molecule has 2 aromatic rings. The normalized spacial score (nSPS) is 12.0. The van der Waals surface area contributed by atoms with E-state index in [1.165, 1.54) is 18.2 Å². The molecule has 0 saturated carbocycles. The number of hydrogen-bond acceptors (Lipinski definition) is 3. The molecule has 0 aliphatic rings. The summed E-state index contributed by atoms with van der Waals surface area (Å²) in [4.78, 5) is 14.0. The Bertz CT molecular complexity index is 756. The lowest BCUT2D eigenvalue weighted by Gasteiger charge is -2.24. The molecule has 0 aliphatic carbocycles. The highest BCUT2D eigenvalue weighted by molar-refractivity contribution is 5.92. The predicted octanol–water partition coefficient (Wildman–Crippen LogP) is 4.08. The first kappa shape index (κ1) is 18.5. The van der Waals surface area contributed by atoms with Gasteiger partial charge in [-0.2, -0.15) is 0 Å². The third-order valence-corrected chi connectivity index (χ3v) is 4.11. The fourth-order valence-corrected chi connectivity index (χ4v) is 2.40. The summed E-state index contributed by atoms with van der Waals surface area (Å²) in [6, 6.07) is 11.4. The van der Waals surface area contributed by atoms with Crippen molar-refractivity contribution < 1.29 is 18.7 Å². The van der Waals surface area contributed by atoms with Crippen LogP contribution in [0.4, 0.5) is 4.39 Å². The van der Waals surface area contributed by atoms with Crippen molar-refractivity contribution in [3.63, 3.8) is 0 Å². The number of hydrogen-bond donors (Lipinski definition) is 0. The average molecular weight is 343 g/mol. The maximum atomic E-state index is 13.0. The molecule has 1 amide bonds. The van der Waals surface area contributed by atoms with E-state index in [1.54, 1.807) is 56.5 Å². The molecule has 0 aromatic heterocycles. The van der Waals surface area contributed by atoms with E-state index in [2.05, 4.69) is 0 Å². The van der Waals surface area contributed by atoms with Gasteiger partial charge >= 0.3 is 0 Å². The lowest BCUT2D eigenvalue weighted by atomic mass is 10.1. The summed E-state index contributed by atoms with van der Waals surface area (Å²) in [5.41, 5.74) is 1.70. The van der Waals surface area contributed by atoms with E-state index in [1.807, 2.05) is 13.0 Å². The van der Waals surface area contributed by atoms with Gasteiger partial charge in [0.25, 0.3) is 0 Å². The number of methoxy groups -OCH3 is 2. The molecule has 2 aromatic carbocycles. The summed E-state index contributed by atoms with van der Waals surface area (Å²) in [6.45, 7) is 1.90. The topological polar surface area (TPSA) is 38.8 Å². The van der Waals surface area contributed by atoms with E-state index in [0.717, 1.165) is 11.1 Å². The van der Waals surface area contributed by atoms with E-state index in [0.29, 0.717) is 11.5 Å². The van der Waals surface area contributed by atoms with Crippen molar-refractivity contribution in [2.24, 2.45) is 0 Å². The Hall–Kier alpha value is -2.82. The Morgan fingerprint density at radius 3 is 2.32 bits per heavy atom. The van der Waals surface area contributed by atoms with Crippen LogP contribution in [0.1, 0.15) is 24.1 Å². The second kappa shape index (κ2) is 8.33. The minimum Gasteiger partial charge on any atom is -0.493 e. The fraction of sp³-hybridized carbons (Fsp3) is 0.250. The molecule has 0 heterocycles. The Kier molecular flexibility index (Phi) is 6.17. The first-order valence-electron chi connectivity index (χ1n) is 7.88. The minimum atomic E-state index is -0.293. The smallest absolute Gasteiger partial charge is 0.246 e. The highest BCUT2D eigenvalue weighted by Gasteiger charge is 2.15. The highest BCUT2D eigenvalue weighted by Crippen LogP contribution is 2.28. The molecule has 0 N–H and O–H groups in total. The number of carbonyl (C=O) groups excluding carboxylic acids is 1. The Labute approximate surface area is 147 Å². The van der Waals surface area contributed by atoms with E-state index < -0.39 is 0 Å². The van der Waals surface area contributed by atoms with Gasteiger partial charge in [-0.15, -0.1) is 0 Å². The third kappa shape index (κ3) is 4.59. The molecule has 0 spiro atoms. The summed E-state index contributed by atoms with van der Waals surface area (Å²) in [7, 11) is 4.85. The summed E-state index contributed by atoms with van der Waals surface area (Å²) in [6.07, 6.45) is 3.22. The number of ether oxygens (including phenoxy) is 2. The first-order valence-corrected chi connectivity index (χ1v) is 7.88. The second-order valence-corrected chi connectivity index (χ2v) is 5.62. The molecule has 0 fully saturated rings. The molecule has 5 heteroatoms. The number of halogens is 1. The van der Waals surface area contributed by atoms with Crippen LogP contribution in [0.3, 0.4) is 0 Å². The number of carbonyl (C=O) groups is 1. The van der Waals surface area contributed by atoms with Gasteiger partial charge in [0.15, 0.2) is 11.5 Å². The number of rotatable bonds is 6. The fourth-order valence-electron chi connectivity index (χ4n) is 2.40. The number of amides is 1. The SMILES string of the molecule is COc1ccc(/C=C/C(=O)N(C)C(C)c2ccc(F)cc2)cc1OC. The van der Waals surface area contributed by atoms with Crippen molar-refractivity contribution in [1.82, 2.24) is 4.90 Å². The van der Waals surface area contributed by atoms with E-state index in [9.17, 15) is 9.18 Å². The number of benzene rings is 2. The van der Waals surface area contributed by atoms with Crippen molar-refractivity contribution in [3.05, 3.63) is 65.5 Å². The van der Waals surface area contributed by atoms with Crippen molar-refractivity contribution in [3.8, 4) is 11.5 Å². The zero-order valence-corrected chi connectivity index (χ0v) is 14.8. The van der Waals surface area contributed by atoms with Crippen LogP contribution in [-0.4, -0.2) is 32.1 Å². The van der Waals surface area contributed by atoms with Gasteiger partial charge in [0, 0.05) is 13.1 Å². The lowest BCUT2D eigenvalue weighted by Crippen LogP contribution is -2.27. The van der Waals surface area contributed by atoms with Crippen LogP contribution in [0.15, 0.2) is 48.5 Å². The molecule has 2 rings (SSSR count). The maximum Gasteiger partial charge on any atom is 0.246 e. The Morgan fingerprint density at radius 1 is 1.08 bits per heavy atom. The van der Waals surface area contributed by atoms with Crippen LogP contribution in [0.5, 0.6) is 11.5 Å². The van der Waals surface area contributed by atoms with Gasteiger partial charge in [-0.25, -0.2) is 4.39 Å². The lowest BCUT2D eigenvalue weighted by molar-refractivity contribution is -0.126. The Balaban J connectivity index is 2.09. The zero-order valence-electron chi connectivity index (χ0n) is 14.8. The first-order chi connectivity index (χ1) is 12.0. The van der Waals surface area contributed by atoms with E-state index >= 15 is 0 Å². The molecule has 0 aliphatic heterocycles. The van der Waals surface area contributed by atoms with Gasteiger partial charge in [0.05, 0.1) is 20.3 Å². The zero-order chi connectivity index (χ0) is 18.4. The van der Waals surface area contributed by atoms with Crippen LogP contribution in [0.2, 0.25) is 0 Å². The molecule has 1 unspecified atom stereocenters. The molecule has 25 heavy (non-hydrogen) atoms. The predicted molar refractivity (Wildman–Crippen MR) is 96.2 cm³/mol. The van der Waals surface area contributed by atoms with E-state index in [-0.39, 0.29) is 17.8 Å². The van der Waals surface area contributed by atoms with Gasteiger partial charge in [-0.05, 0) is 48.4 Å². The molecular formula is C20H22FNO3. The van der Waals surface area contributed by atoms with Gasteiger partial charge < -0.3 is 14.4 Å². The highest BCUT2D eigenvalue weighted by atomic mass is 19.1. The average Bonchev–Trinajstić information content (AvgIpc) is 2.65. The van der Waals surface area contributed by atoms with Crippen molar-refractivity contribution >= 4 is 12.0 Å². The van der Waals surface area contributed by atoms with Gasteiger partial charge in [0.2, 0.25) is 5.91 Å². The number of nitrogens with zero attached hydrogens (tertiary/aromatic N) is 1. The monoisotopic (exact) mass is 343 g/mol. The van der Waals surface area contributed by atoms with Crippen LogP contribution in [-0.2, 0) is 4.79 Å². The van der Waals surface area contributed by atoms with Crippen LogP contribution in [0, 0.1) is 5.82 Å². The van der Waals surface area contributed by atoms with Gasteiger partial charge in [-0.1, -0.05) is 18.2 Å².